The quantitative estimate of drug-likeness (QED) is 0.469. The summed E-state index contributed by atoms with van der Waals surface area (Å²) < 4.78 is 1.96. The summed E-state index contributed by atoms with van der Waals surface area (Å²) in [6, 6.07) is 7.37. The van der Waals surface area contributed by atoms with E-state index in [4.69, 9.17) is 23.1 Å². The molecule has 0 aliphatic carbocycles. The molecule has 0 aliphatic rings. The molecule has 0 spiro atoms. The molecule has 0 aliphatic heterocycles. The Labute approximate surface area is 171 Å². The van der Waals surface area contributed by atoms with E-state index in [0.717, 1.165) is 22.3 Å². The fraction of sp³-hybridized carbons (Fsp3) is 0.105. The van der Waals surface area contributed by atoms with Crippen molar-refractivity contribution in [1.82, 2.24) is 24.5 Å². The van der Waals surface area contributed by atoms with Crippen LogP contribution in [-0.2, 0) is 0 Å². The van der Waals surface area contributed by atoms with Crippen LogP contribution in [0.3, 0.4) is 0 Å². The Bertz CT molecular complexity index is 1240. The molecule has 4 aromatic rings. The van der Waals surface area contributed by atoms with Crippen LogP contribution >= 0.6 is 11.6 Å². The van der Waals surface area contributed by atoms with Gasteiger partial charge in [0.25, 0.3) is 0 Å². The Morgan fingerprint density at radius 3 is 2.83 bits per heavy atom. The lowest BCUT2D eigenvalue weighted by atomic mass is 10.1. The molecule has 4 aromatic heterocycles. The van der Waals surface area contributed by atoms with E-state index in [1.807, 2.05) is 42.0 Å². The molecule has 5 N–H and O–H groups in total. The number of rotatable bonds is 4. The second-order valence-corrected chi connectivity index (χ2v) is 6.79. The first-order valence-electron chi connectivity index (χ1n) is 8.64. The minimum Gasteiger partial charge on any atom is -0.382 e. The maximum atomic E-state index is 9.40. The van der Waals surface area contributed by atoms with Gasteiger partial charge in [0.1, 0.15) is 17.5 Å². The topological polar surface area (TPSA) is 144 Å². The van der Waals surface area contributed by atoms with Crippen LogP contribution in [0.1, 0.15) is 24.1 Å². The van der Waals surface area contributed by atoms with Gasteiger partial charge >= 0.3 is 0 Å². The van der Waals surface area contributed by atoms with E-state index >= 15 is 0 Å². The highest BCUT2D eigenvalue weighted by Crippen LogP contribution is 2.31. The number of nitriles is 1. The summed E-state index contributed by atoms with van der Waals surface area (Å²) in [5, 5.41) is 13.1. The summed E-state index contributed by atoms with van der Waals surface area (Å²) in [4.78, 5) is 16.6. The number of halogens is 1. The van der Waals surface area contributed by atoms with Crippen LogP contribution in [0, 0.1) is 11.3 Å². The van der Waals surface area contributed by atoms with E-state index in [-0.39, 0.29) is 29.2 Å². The van der Waals surface area contributed by atoms with Crippen molar-refractivity contribution in [3.8, 4) is 11.8 Å². The predicted octanol–water partition coefficient (Wildman–Crippen LogP) is 3.07. The smallest absolute Gasteiger partial charge is 0.224 e. The first-order chi connectivity index (χ1) is 14.0. The molecule has 10 heteroatoms. The van der Waals surface area contributed by atoms with Crippen LogP contribution in [0.4, 0.5) is 17.6 Å². The number of hydrogen-bond donors (Lipinski definition) is 3. The van der Waals surface area contributed by atoms with Crippen LogP contribution in [0.25, 0.3) is 16.7 Å². The molecule has 0 fully saturated rings. The zero-order valence-electron chi connectivity index (χ0n) is 15.3. The number of fused-ring (bicyclic) bond motifs is 1. The summed E-state index contributed by atoms with van der Waals surface area (Å²) in [6.07, 6.45) is 7.00. The van der Waals surface area contributed by atoms with E-state index in [1.165, 1.54) is 0 Å². The van der Waals surface area contributed by atoms with E-state index < -0.39 is 0 Å². The Balaban J connectivity index is 1.82. The molecule has 0 aromatic carbocycles. The molecule has 0 radical (unpaired) electrons. The highest BCUT2D eigenvalue weighted by molar-refractivity contribution is 6.31. The second kappa shape index (κ2) is 7.26. The molecule has 144 valence electrons. The molecule has 0 saturated heterocycles. The van der Waals surface area contributed by atoms with Gasteiger partial charge in [-0.25, -0.2) is 0 Å². The van der Waals surface area contributed by atoms with E-state index in [2.05, 4.69) is 25.3 Å². The number of nitrogen functional groups attached to an aromatic ring is 2. The van der Waals surface area contributed by atoms with Crippen molar-refractivity contribution < 1.29 is 0 Å². The molecule has 9 nitrogen and oxygen atoms in total. The van der Waals surface area contributed by atoms with Crippen molar-refractivity contribution in [3.63, 3.8) is 0 Å². The summed E-state index contributed by atoms with van der Waals surface area (Å²) in [5.74, 6) is 0.275. The third kappa shape index (κ3) is 3.37. The molecule has 4 heterocycles. The maximum Gasteiger partial charge on any atom is 0.224 e. The molecule has 4 rings (SSSR count). The highest BCUT2D eigenvalue weighted by Gasteiger charge is 2.20. The lowest BCUT2D eigenvalue weighted by molar-refractivity contribution is 0.872. The van der Waals surface area contributed by atoms with Crippen molar-refractivity contribution >= 4 is 40.2 Å². The van der Waals surface area contributed by atoms with Gasteiger partial charge in [-0.2, -0.15) is 15.2 Å². The van der Waals surface area contributed by atoms with E-state index in [9.17, 15) is 5.26 Å². The molecule has 0 bridgehead atoms. The SMILES string of the molecule is C[C@@H](Nc1nc(N)nc(N)c1C#N)c1cn(-c2cccnc2)c2cc(Cl)cnc12. The van der Waals surface area contributed by atoms with Crippen LogP contribution < -0.4 is 16.8 Å². The van der Waals surface area contributed by atoms with Gasteiger partial charge in [-0.3, -0.25) is 9.97 Å². The normalized spacial score (nSPS) is 11.9. The third-order valence-electron chi connectivity index (χ3n) is 4.45. The summed E-state index contributed by atoms with van der Waals surface area (Å²) in [7, 11) is 0. The number of aromatic nitrogens is 5. The fourth-order valence-corrected chi connectivity index (χ4v) is 3.28. The first-order valence-corrected chi connectivity index (χ1v) is 9.02. The maximum absolute atomic E-state index is 9.40. The van der Waals surface area contributed by atoms with Gasteiger partial charge in [-0.15, -0.1) is 0 Å². The average Bonchev–Trinajstić information content (AvgIpc) is 3.07. The van der Waals surface area contributed by atoms with Crippen LogP contribution in [0.5, 0.6) is 0 Å². The molecule has 0 unspecified atom stereocenters. The monoisotopic (exact) mass is 405 g/mol. The molecule has 29 heavy (non-hydrogen) atoms. The van der Waals surface area contributed by atoms with Crippen LogP contribution in [0.2, 0.25) is 5.02 Å². The van der Waals surface area contributed by atoms with Crippen LogP contribution in [-0.4, -0.2) is 24.5 Å². The van der Waals surface area contributed by atoms with Crippen LogP contribution in [0.15, 0.2) is 43.0 Å². The zero-order valence-corrected chi connectivity index (χ0v) is 16.1. The van der Waals surface area contributed by atoms with Gasteiger partial charge in [-0.05, 0) is 25.1 Å². The number of nitrogens with zero attached hydrogens (tertiary/aromatic N) is 6. The van der Waals surface area contributed by atoms with E-state index in [1.54, 1.807) is 18.6 Å². The lowest BCUT2D eigenvalue weighted by Crippen LogP contribution is -2.13. The average molecular weight is 406 g/mol. The van der Waals surface area contributed by atoms with Crippen molar-refractivity contribution in [2.24, 2.45) is 0 Å². The zero-order chi connectivity index (χ0) is 20.5. The molecular formula is C19H16ClN9. The van der Waals surface area contributed by atoms with Crippen molar-refractivity contribution in [2.45, 2.75) is 13.0 Å². The van der Waals surface area contributed by atoms with Gasteiger partial charge in [0.15, 0.2) is 5.82 Å². The second-order valence-electron chi connectivity index (χ2n) is 6.36. The molecule has 1 atom stereocenters. The Morgan fingerprint density at radius 2 is 2.10 bits per heavy atom. The number of nitrogens with two attached hydrogens (primary N) is 2. The fourth-order valence-electron chi connectivity index (χ4n) is 3.12. The van der Waals surface area contributed by atoms with Gasteiger partial charge in [-0.1, -0.05) is 11.6 Å². The minimum absolute atomic E-state index is 0.0149. The van der Waals surface area contributed by atoms with Gasteiger partial charge in [0.05, 0.1) is 34.0 Å². The Hall–Kier alpha value is -3.90. The minimum atomic E-state index is -0.273. The summed E-state index contributed by atoms with van der Waals surface area (Å²) >= 11 is 6.18. The van der Waals surface area contributed by atoms with Gasteiger partial charge < -0.3 is 21.4 Å². The molecule has 0 amide bonds. The predicted molar refractivity (Wildman–Crippen MR) is 111 cm³/mol. The van der Waals surface area contributed by atoms with Gasteiger partial charge in [0, 0.05) is 24.2 Å². The number of pyridine rings is 2. The van der Waals surface area contributed by atoms with Crippen molar-refractivity contribution in [2.75, 3.05) is 16.8 Å². The van der Waals surface area contributed by atoms with E-state index in [0.29, 0.717) is 5.02 Å². The standard InChI is InChI=1S/C19H16ClN9/c1-10(26-18-13(6-21)17(22)27-19(23)28-18)14-9-29(12-3-2-4-24-8-12)15-5-11(20)7-25-16(14)15/h2-5,7-10H,1H3,(H5,22,23,26,27,28)/t10-/m1/s1. The number of hydrogen-bond acceptors (Lipinski definition) is 8. The lowest BCUT2D eigenvalue weighted by Gasteiger charge is -2.15. The van der Waals surface area contributed by atoms with Crippen molar-refractivity contribution in [1.29, 1.82) is 5.26 Å². The third-order valence-corrected chi connectivity index (χ3v) is 4.65. The van der Waals surface area contributed by atoms with Gasteiger partial charge in [0.2, 0.25) is 5.95 Å². The summed E-state index contributed by atoms with van der Waals surface area (Å²) in [6.45, 7) is 1.92. The Morgan fingerprint density at radius 1 is 1.28 bits per heavy atom. The molecular weight excluding hydrogens is 390 g/mol. The molecule has 0 saturated carbocycles. The first kappa shape index (κ1) is 18.5. The summed E-state index contributed by atoms with van der Waals surface area (Å²) in [5.41, 5.74) is 15.0. The largest absolute Gasteiger partial charge is 0.382 e. The highest BCUT2D eigenvalue weighted by atomic mass is 35.5. The Kier molecular flexibility index (Phi) is 4.62. The van der Waals surface area contributed by atoms with Crippen molar-refractivity contribution in [3.05, 3.63) is 59.1 Å². The number of nitrogens with one attached hydrogen (secondary N) is 1. The number of anilines is 3.